The Morgan fingerprint density at radius 3 is 2.43 bits per heavy atom. The smallest absolute Gasteiger partial charge is 0.125 e. The van der Waals surface area contributed by atoms with Crippen molar-refractivity contribution in [1.29, 1.82) is 0 Å². The zero-order chi connectivity index (χ0) is 21.5. The minimum atomic E-state index is 0.319. The molecule has 3 aromatic rings. The molecule has 0 aliphatic heterocycles. The number of benzene rings is 3. The third-order valence-electron chi connectivity index (χ3n) is 4.94. The molecule has 0 heterocycles. The number of aryl methyl sites for hydroxylation is 1. The van der Waals surface area contributed by atoms with Gasteiger partial charge in [0.05, 0.1) is 7.11 Å². The molecule has 2 N–H and O–H groups in total. The highest BCUT2D eigenvalue weighted by atomic mass is 35.5. The summed E-state index contributed by atoms with van der Waals surface area (Å²) in [6.07, 6.45) is 0. The lowest BCUT2D eigenvalue weighted by atomic mass is 10.0. The van der Waals surface area contributed by atoms with Crippen LogP contribution in [0.5, 0.6) is 11.5 Å². The monoisotopic (exact) mass is 424 g/mol. The van der Waals surface area contributed by atoms with Gasteiger partial charge >= 0.3 is 0 Å². The van der Waals surface area contributed by atoms with Crippen LogP contribution in [0, 0.1) is 6.92 Å². The summed E-state index contributed by atoms with van der Waals surface area (Å²) >= 11 is 6.32. The Bertz CT molecular complexity index is 974. The summed E-state index contributed by atoms with van der Waals surface area (Å²) in [5, 5.41) is 0.766. The van der Waals surface area contributed by atoms with Crippen molar-refractivity contribution in [3.63, 3.8) is 0 Å². The molecule has 30 heavy (non-hydrogen) atoms. The van der Waals surface area contributed by atoms with E-state index in [1.807, 2.05) is 61.5 Å². The van der Waals surface area contributed by atoms with Crippen molar-refractivity contribution >= 4 is 17.3 Å². The van der Waals surface area contributed by atoms with E-state index >= 15 is 0 Å². The lowest BCUT2D eigenvalue weighted by Gasteiger charge is -2.17. The molecule has 0 aromatic heterocycles. The standard InChI is InChI=1S/C25H29ClN2O2/c1-17(2)22-14-23(26)18(3)12-25(22)30-16-20-13-19(10-11-24(20)29-4)15-27-28-21-8-6-5-7-9-21/h5-14,17,27-28H,15-16H2,1-4H3. The van der Waals surface area contributed by atoms with E-state index in [1.54, 1.807) is 7.11 Å². The van der Waals surface area contributed by atoms with Gasteiger partial charge in [0.2, 0.25) is 0 Å². The van der Waals surface area contributed by atoms with Crippen LogP contribution >= 0.6 is 11.6 Å². The number of nitrogens with one attached hydrogen (secondary N) is 2. The lowest BCUT2D eigenvalue weighted by Crippen LogP contribution is -2.20. The molecule has 0 bridgehead atoms. The third-order valence-corrected chi connectivity index (χ3v) is 5.35. The van der Waals surface area contributed by atoms with E-state index < -0.39 is 0 Å². The highest BCUT2D eigenvalue weighted by Gasteiger charge is 2.13. The van der Waals surface area contributed by atoms with Crippen LogP contribution < -0.4 is 20.3 Å². The van der Waals surface area contributed by atoms with Crippen LogP contribution in [0.3, 0.4) is 0 Å². The first-order chi connectivity index (χ1) is 14.5. The molecule has 0 spiro atoms. The second-order valence-corrected chi connectivity index (χ2v) is 7.98. The van der Waals surface area contributed by atoms with Crippen LogP contribution in [0.15, 0.2) is 60.7 Å². The molecule has 4 nitrogen and oxygen atoms in total. The van der Waals surface area contributed by atoms with E-state index in [1.165, 1.54) is 0 Å². The van der Waals surface area contributed by atoms with Gasteiger partial charge in [0, 0.05) is 22.8 Å². The summed E-state index contributed by atoms with van der Waals surface area (Å²) in [7, 11) is 1.68. The van der Waals surface area contributed by atoms with Crippen LogP contribution in [0.1, 0.15) is 42.0 Å². The van der Waals surface area contributed by atoms with Crippen molar-refractivity contribution in [3.8, 4) is 11.5 Å². The van der Waals surface area contributed by atoms with Crippen LogP contribution in [-0.4, -0.2) is 7.11 Å². The number of hydrazine groups is 1. The first-order valence-corrected chi connectivity index (χ1v) is 10.5. The third kappa shape index (κ3) is 5.68. The minimum Gasteiger partial charge on any atom is -0.496 e. The molecule has 3 aromatic carbocycles. The SMILES string of the molecule is COc1ccc(CNNc2ccccc2)cc1COc1cc(C)c(Cl)cc1C(C)C. The topological polar surface area (TPSA) is 42.5 Å². The fourth-order valence-corrected chi connectivity index (χ4v) is 3.40. The van der Waals surface area contributed by atoms with Crippen molar-refractivity contribution in [1.82, 2.24) is 5.43 Å². The van der Waals surface area contributed by atoms with E-state index in [9.17, 15) is 0 Å². The molecular formula is C25H29ClN2O2. The molecule has 0 radical (unpaired) electrons. The minimum absolute atomic E-state index is 0.319. The molecule has 0 aliphatic rings. The zero-order valence-electron chi connectivity index (χ0n) is 18.0. The van der Waals surface area contributed by atoms with Crippen molar-refractivity contribution in [2.45, 2.75) is 39.8 Å². The van der Waals surface area contributed by atoms with Gasteiger partial charge in [-0.2, -0.15) is 0 Å². The van der Waals surface area contributed by atoms with Crippen molar-refractivity contribution < 1.29 is 9.47 Å². The highest BCUT2D eigenvalue weighted by Crippen LogP contribution is 2.33. The van der Waals surface area contributed by atoms with E-state index in [2.05, 4.69) is 30.8 Å². The summed E-state index contributed by atoms with van der Waals surface area (Å²) in [5.41, 5.74) is 11.7. The van der Waals surface area contributed by atoms with Crippen LogP contribution in [-0.2, 0) is 13.2 Å². The Morgan fingerprint density at radius 1 is 0.967 bits per heavy atom. The molecule has 5 heteroatoms. The number of hydrogen-bond donors (Lipinski definition) is 2. The van der Waals surface area contributed by atoms with Crippen molar-refractivity contribution in [2.75, 3.05) is 12.5 Å². The number of hydrogen-bond acceptors (Lipinski definition) is 4. The van der Waals surface area contributed by atoms with Gasteiger partial charge in [-0.25, -0.2) is 5.43 Å². The van der Waals surface area contributed by atoms with Gasteiger partial charge in [0.15, 0.2) is 0 Å². The maximum atomic E-state index is 6.32. The summed E-state index contributed by atoms with van der Waals surface area (Å²) in [4.78, 5) is 0. The molecule has 0 aliphatic carbocycles. The number of para-hydroxylation sites is 1. The molecular weight excluding hydrogens is 396 g/mol. The predicted molar refractivity (Wildman–Crippen MR) is 125 cm³/mol. The largest absolute Gasteiger partial charge is 0.496 e. The molecule has 0 amide bonds. The molecule has 0 atom stereocenters. The van der Waals surface area contributed by atoms with E-state index in [-0.39, 0.29) is 0 Å². The second kappa shape index (κ2) is 10.4. The number of methoxy groups -OCH3 is 1. The molecule has 0 saturated carbocycles. The van der Waals surface area contributed by atoms with E-state index in [0.29, 0.717) is 19.1 Å². The first kappa shape index (κ1) is 22.0. The average molecular weight is 425 g/mol. The molecule has 3 rings (SSSR count). The van der Waals surface area contributed by atoms with E-state index in [4.69, 9.17) is 21.1 Å². The summed E-state index contributed by atoms with van der Waals surface area (Å²) < 4.78 is 11.8. The Labute approximate surface area is 184 Å². The molecule has 0 unspecified atom stereocenters. The summed E-state index contributed by atoms with van der Waals surface area (Å²) in [6, 6.07) is 20.2. The van der Waals surface area contributed by atoms with Gasteiger partial charge in [-0.05, 0) is 65.9 Å². The van der Waals surface area contributed by atoms with Gasteiger partial charge < -0.3 is 14.9 Å². The number of halogens is 1. The maximum absolute atomic E-state index is 6.32. The van der Waals surface area contributed by atoms with Crippen molar-refractivity contribution in [2.24, 2.45) is 0 Å². The van der Waals surface area contributed by atoms with Crippen LogP contribution in [0.25, 0.3) is 0 Å². The Morgan fingerprint density at radius 2 is 1.73 bits per heavy atom. The maximum Gasteiger partial charge on any atom is 0.125 e. The number of rotatable bonds is 9. The van der Waals surface area contributed by atoms with Crippen molar-refractivity contribution in [3.05, 3.63) is 87.9 Å². The van der Waals surface area contributed by atoms with Gasteiger partial charge in [-0.1, -0.05) is 49.7 Å². The normalized spacial score (nSPS) is 10.9. The van der Waals surface area contributed by atoms with Gasteiger partial charge in [0.25, 0.3) is 0 Å². The number of anilines is 1. The van der Waals surface area contributed by atoms with E-state index in [0.717, 1.165) is 44.5 Å². The van der Waals surface area contributed by atoms with Gasteiger partial charge in [0.1, 0.15) is 18.1 Å². The molecule has 0 fully saturated rings. The predicted octanol–water partition coefficient (Wildman–Crippen LogP) is 6.48. The summed E-state index contributed by atoms with van der Waals surface area (Å²) in [6.45, 7) is 7.36. The van der Waals surface area contributed by atoms with Crippen LogP contribution in [0.4, 0.5) is 5.69 Å². The molecule has 158 valence electrons. The quantitative estimate of drug-likeness (QED) is 0.386. The zero-order valence-corrected chi connectivity index (χ0v) is 18.7. The fourth-order valence-electron chi connectivity index (χ4n) is 3.23. The lowest BCUT2D eigenvalue weighted by molar-refractivity contribution is 0.292. The van der Waals surface area contributed by atoms with Gasteiger partial charge in [-0.3, -0.25) is 0 Å². The van der Waals surface area contributed by atoms with Crippen LogP contribution in [0.2, 0.25) is 5.02 Å². The highest BCUT2D eigenvalue weighted by molar-refractivity contribution is 6.31. The Balaban J connectivity index is 1.71. The first-order valence-electron chi connectivity index (χ1n) is 10.1. The Hall–Kier alpha value is -2.69. The number of ether oxygens (including phenoxy) is 2. The summed E-state index contributed by atoms with van der Waals surface area (Å²) in [5.74, 6) is 1.99. The fraction of sp³-hybridized carbons (Fsp3) is 0.280. The Kier molecular flexibility index (Phi) is 7.61. The molecule has 0 saturated heterocycles. The van der Waals surface area contributed by atoms with Gasteiger partial charge in [-0.15, -0.1) is 0 Å². The average Bonchev–Trinajstić information content (AvgIpc) is 2.75. The second-order valence-electron chi connectivity index (χ2n) is 7.57.